The third-order valence-electron chi connectivity index (χ3n) is 5.35. The Kier molecular flexibility index (Phi) is 4.74. The summed E-state index contributed by atoms with van der Waals surface area (Å²) in [6.45, 7) is 1.99. The van der Waals surface area contributed by atoms with Gasteiger partial charge in [-0.1, -0.05) is 31.2 Å². The maximum absolute atomic E-state index is 14.6. The van der Waals surface area contributed by atoms with Crippen LogP contribution in [0.5, 0.6) is 0 Å². The topological polar surface area (TPSA) is 85.1 Å². The molecule has 3 heterocycles. The number of nitrogens with zero attached hydrogens (tertiary/aromatic N) is 5. The average Bonchev–Trinajstić information content (AvgIpc) is 3.27. The van der Waals surface area contributed by atoms with E-state index in [1.165, 1.54) is 17.0 Å². The molecule has 0 amide bonds. The fourth-order valence-electron chi connectivity index (χ4n) is 3.83. The number of benzene rings is 2. The highest BCUT2D eigenvalue weighted by Crippen LogP contribution is 2.30. The van der Waals surface area contributed by atoms with Gasteiger partial charge in [0.1, 0.15) is 29.2 Å². The fourth-order valence-corrected chi connectivity index (χ4v) is 3.83. The molecule has 0 aliphatic carbocycles. The van der Waals surface area contributed by atoms with Gasteiger partial charge in [-0.2, -0.15) is 0 Å². The Morgan fingerprint density at radius 3 is 2.77 bits per heavy atom. The second-order valence-electron chi connectivity index (χ2n) is 7.23. The lowest BCUT2D eigenvalue weighted by atomic mass is 10.1. The minimum atomic E-state index is -0.585. The number of fused-ring (bicyclic) bond motifs is 2. The average molecular weight is 414 g/mol. The smallest absolute Gasteiger partial charge is 0.269 e. The summed E-state index contributed by atoms with van der Waals surface area (Å²) in [5.41, 5.74) is 1.41. The lowest BCUT2D eigenvalue weighted by molar-refractivity contribution is 0.630. The van der Waals surface area contributed by atoms with Crippen LogP contribution in [0.3, 0.4) is 0 Å². The van der Waals surface area contributed by atoms with Crippen molar-refractivity contribution in [2.75, 3.05) is 5.32 Å². The molecule has 2 aromatic heterocycles. The van der Waals surface area contributed by atoms with Crippen molar-refractivity contribution in [2.24, 2.45) is 4.99 Å². The van der Waals surface area contributed by atoms with Crippen molar-refractivity contribution in [1.82, 2.24) is 19.5 Å². The zero-order valence-corrected chi connectivity index (χ0v) is 16.8. The summed E-state index contributed by atoms with van der Waals surface area (Å²) in [5.74, 6) is 1.20. The van der Waals surface area contributed by atoms with E-state index in [4.69, 9.17) is 4.98 Å². The summed E-state index contributed by atoms with van der Waals surface area (Å²) in [5, 5.41) is 3.39. The molecule has 7 nitrogen and oxygen atoms in total. The van der Waals surface area contributed by atoms with Gasteiger partial charge >= 0.3 is 0 Å². The summed E-state index contributed by atoms with van der Waals surface area (Å²) in [7, 11) is 0. The van der Waals surface area contributed by atoms with Crippen LogP contribution in [0.4, 0.5) is 16.0 Å². The van der Waals surface area contributed by atoms with Gasteiger partial charge in [-0.05, 0) is 30.7 Å². The van der Waals surface area contributed by atoms with Crippen LogP contribution in [-0.4, -0.2) is 25.7 Å². The van der Waals surface area contributed by atoms with Gasteiger partial charge in [0.2, 0.25) is 0 Å². The molecule has 1 aliphatic rings. The van der Waals surface area contributed by atoms with E-state index in [1.54, 1.807) is 18.3 Å². The van der Waals surface area contributed by atoms with Gasteiger partial charge in [0.25, 0.3) is 5.56 Å². The highest BCUT2D eigenvalue weighted by Gasteiger charge is 2.24. The number of anilines is 1. The first kappa shape index (κ1) is 19.0. The summed E-state index contributed by atoms with van der Waals surface area (Å²) in [6, 6.07) is 13.3. The first-order valence-electron chi connectivity index (χ1n) is 10.1. The second kappa shape index (κ2) is 7.71. The molecule has 8 heteroatoms. The van der Waals surface area contributed by atoms with E-state index in [9.17, 15) is 9.18 Å². The number of hydrogen-bond donors (Lipinski definition) is 1. The molecule has 0 saturated carbocycles. The monoisotopic (exact) mass is 414 g/mol. The van der Waals surface area contributed by atoms with E-state index in [2.05, 4.69) is 20.3 Å². The third-order valence-corrected chi connectivity index (χ3v) is 5.35. The molecule has 0 fully saturated rings. The lowest BCUT2D eigenvalue weighted by Crippen LogP contribution is -2.29. The molecule has 4 aromatic rings. The molecule has 1 aliphatic heterocycles. The molecular weight excluding hydrogens is 395 g/mol. The van der Waals surface area contributed by atoms with Crippen molar-refractivity contribution in [1.29, 1.82) is 0 Å². The summed E-state index contributed by atoms with van der Waals surface area (Å²) in [6.07, 6.45) is 4.52. The maximum Gasteiger partial charge on any atom is 0.269 e. The molecule has 154 valence electrons. The molecule has 0 radical (unpaired) electrons. The van der Waals surface area contributed by atoms with Gasteiger partial charge in [0.05, 0.1) is 17.2 Å². The summed E-state index contributed by atoms with van der Waals surface area (Å²) in [4.78, 5) is 31.0. The largest absolute Gasteiger partial charge is 0.360 e. The highest BCUT2D eigenvalue weighted by atomic mass is 19.1. The Balaban J connectivity index is 1.71. The molecular formula is C23H19FN6O. The van der Waals surface area contributed by atoms with Crippen LogP contribution in [-0.2, 0) is 6.42 Å². The predicted molar refractivity (Wildman–Crippen MR) is 118 cm³/mol. The van der Waals surface area contributed by atoms with Gasteiger partial charge in [0, 0.05) is 18.2 Å². The molecule has 0 bridgehead atoms. The second-order valence-corrected chi connectivity index (χ2v) is 7.23. The Morgan fingerprint density at radius 2 is 1.97 bits per heavy atom. The highest BCUT2D eigenvalue weighted by molar-refractivity contribution is 5.79. The van der Waals surface area contributed by atoms with Crippen LogP contribution in [0.2, 0.25) is 0 Å². The Morgan fingerprint density at radius 1 is 1.13 bits per heavy atom. The Labute approximate surface area is 177 Å². The van der Waals surface area contributed by atoms with Crippen molar-refractivity contribution in [2.45, 2.75) is 25.8 Å². The number of aliphatic imine (C=N–C) groups is 1. The quantitative estimate of drug-likeness (QED) is 0.531. The molecule has 1 atom stereocenters. The van der Waals surface area contributed by atoms with E-state index in [-0.39, 0.29) is 11.4 Å². The third kappa shape index (κ3) is 3.26. The maximum atomic E-state index is 14.6. The van der Waals surface area contributed by atoms with E-state index < -0.39 is 11.4 Å². The van der Waals surface area contributed by atoms with E-state index in [1.807, 2.05) is 37.3 Å². The summed E-state index contributed by atoms with van der Waals surface area (Å²) < 4.78 is 16.0. The van der Waals surface area contributed by atoms with Crippen LogP contribution >= 0.6 is 0 Å². The van der Waals surface area contributed by atoms with Crippen LogP contribution in [0.1, 0.15) is 30.8 Å². The van der Waals surface area contributed by atoms with Gasteiger partial charge in [-0.25, -0.2) is 24.3 Å². The molecule has 31 heavy (non-hydrogen) atoms. The van der Waals surface area contributed by atoms with Crippen molar-refractivity contribution in [3.63, 3.8) is 0 Å². The number of halogens is 1. The molecule has 5 rings (SSSR count). The minimum absolute atomic E-state index is 0.0266. The van der Waals surface area contributed by atoms with Crippen LogP contribution in [0, 0.1) is 5.82 Å². The number of para-hydroxylation sites is 1. The first-order chi connectivity index (χ1) is 15.2. The first-order valence-corrected chi connectivity index (χ1v) is 10.1. The summed E-state index contributed by atoms with van der Waals surface area (Å²) >= 11 is 0. The predicted octanol–water partition coefficient (Wildman–Crippen LogP) is 4.14. The van der Waals surface area contributed by atoms with E-state index >= 15 is 0 Å². The van der Waals surface area contributed by atoms with Crippen molar-refractivity contribution < 1.29 is 4.39 Å². The van der Waals surface area contributed by atoms with Crippen molar-refractivity contribution in [3.05, 3.63) is 82.4 Å². The minimum Gasteiger partial charge on any atom is -0.360 e. The SMILES string of the molecule is CC[C@H](Nc1ncnc2c1CC=N2)c1nc2cccc(F)c2c(=O)n1-c1ccccc1. The number of aromatic nitrogens is 4. The zero-order valence-electron chi connectivity index (χ0n) is 16.8. The fraction of sp³-hybridized carbons (Fsp3) is 0.174. The zero-order chi connectivity index (χ0) is 21.4. The van der Waals surface area contributed by atoms with E-state index in [0.717, 1.165) is 5.56 Å². The normalized spacial score (nSPS) is 13.4. The molecule has 0 spiro atoms. The van der Waals surface area contributed by atoms with Gasteiger partial charge in [-0.3, -0.25) is 9.36 Å². The van der Waals surface area contributed by atoms with Gasteiger partial charge in [-0.15, -0.1) is 0 Å². The standard InChI is InChI=1S/C23H19FN6O/c1-2-17(28-21-15-11-12-25-20(15)26-13-27-21)22-29-18-10-6-9-16(24)19(18)23(31)30(22)14-7-4-3-5-8-14/h3-10,12-13,17H,2,11H2,1H3,(H,26,27,28)/t17-/m0/s1. The number of hydrogen-bond acceptors (Lipinski definition) is 6. The van der Waals surface area contributed by atoms with Crippen LogP contribution in [0.15, 0.2) is 64.6 Å². The van der Waals surface area contributed by atoms with E-state index in [0.29, 0.717) is 41.5 Å². The Hall–Kier alpha value is -3.94. The molecule has 0 unspecified atom stereocenters. The van der Waals surface area contributed by atoms with Crippen molar-refractivity contribution in [3.8, 4) is 5.69 Å². The van der Waals surface area contributed by atoms with Crippen molar-refractivity contribution >= 4 is 28.8 Å². The van der Waals surface area contributed by atoms with Gasteiger partial charge in [0.15, 0.2) is 5.82 Å². The molecule has 0 saturated heterocycles. The van der Waals surface area contributed by atoms with Gasteiger partial charge < -0.3 is 5.32 Å². The number of nitrogens with one attached hydrogen (secondary N) is 1. The van der Waals surface area contributed by atoms with Crippen LogP contribution < -0.4 is 10.9 Å². The Bertz CT molecular complexity index is 1370. The molecule has 2 aromatic carbocycles. The molecule has 1 N–H and O–H groups in total. The van der Waals surface area contributed by atoms with Crippen LogP contribution in [0.25, 0.3) is 16.6 Å². The number of rotatable bonds is 5. The lowest BCUT2D eigenvalue weighted by Gasteiger charge is -2.23.